The summed E-state index contributed by atoms with van der Waals surface area (Å²) in [5.41, 5.74) is 1.03. The average molecular weight is 383 g/mol. The van der Waals surface area contributed by atoms with Gasteiger partial charge in [0.15, 0.2) is 10.6 Å². The Morgan fingerprint density at radius 3 is 3.00 bits per heavy atom. The van der Waals surface area contributed by atoms with E-state index in [4.69, 9.17) is 12.2 Å². The second-order valence-electron chi connectivity index (χ2n) is 5.69. The molecule has 1 N–H and O–H groups in total. The van der Waals surface area contributed by atoms with E-state index in [1.165, 1.54) is 0 Å². The fourth-order valence-electron chi connectivity index (χ4n) is 2.81. The normalized spacial score (nSPS) is 19.5. The zero-order valence-corrected chi connectivity index (χ0v) is 14.8. The summed E-state index contributed by atoms with van der Waals surface area (Å²) in [7, 11) is 1.94. The number of aliphatic hydroxyl groups excluding tert-OH is 1. The van der Waals surface area contributed by atoms with Gasteiger partial charge in [-0.2, -0.15) is 5.10 Å². The molecule has 3 rings (SSSR count). The van der Waals surface area contributed by atoms with Crippen molar-refractivity contribution in [3.8, 4) is 11.4 Å². The minimum absolute atomic E-state index is 0.240. The molecule has 118 valence electrons. The second kappa shape index (κ2) is 6.62. The van der Waals surface area contributed by atoms with E-state index in [0.29, 0.717) is 18.0 Å². The molecule has 0 aliphatic carbocycles. The van der Waals surface area contributed by atoms with E-state index in [9.17, 15) is 5.11 Å². The van der Waals surface area contributed by atoms with Gasteiger partial charge in [-0.3, -0.25) is 4.90 Å². The molecule has 1 saturated heterocycles. The average Bonchev–Trinajstić information content (AvgIpc) is 2.76. The molecule has 2 heterocycles. The zero-order chi connectivity index (χ0) is 15.7. The summed E-state index contributed by atoms with van der Waals surface area (Å²) in [5, 5.41) is 14.5. The van der Waals surface area contributed by atoms with E-state index >= 15 is 0 Å². The van der Waals surface area contributed by atoms with Gasteiger partial charge in [0.25, 0.3) is 0 Å². The van der Waals surface area contributed by atoms with Crippen molar-refractivity contribution in [2.75, 3.05) is 13.1 Å². The van der Waals surface area contributed by atoms with Gasteiger partial charge >= 0.3 is 0 Å². The predicted molar refractivity (Wildman–Crippen MR) is 92.0 cm³/mol. The van der Waals surface area contributed by atoms with Crippen LogP contribution in [0.5, 0.6) is 0 Å². The van der Waals surface area contributed by atoms with Crippen molar-refractivity contribution in [2.24, 2.45) is 7.05 Å². The van der Waals surface area contributed by atoms with Gasteiger partial charge in [0, 0.05) is 30.2 Å². The van der Waals surface area contributed by atoms with Crippen molar-refractivity contribution < 1.29 is 5.11 Å². The first kappa shape index (κ1) is 15.9. The molecule has 1 aromatic heterocycles. The van der Waals surface area contributed by atoms with Gasteiger partial charge in [-0.15, -0.1) is 0 Å². The van der Waals surface area contributed by atoms with E-state index in [1.54, 1.807) is 0 Å². The Hall–Kier alpha value is -1.02. The highest BCUT2D eigenvalue weighted by Gasteiger charge is 2.19. The standard InChI is InChI=1S/C15H19BrN4OS/c1-18-14(11-4-2-5-12(16)8-11)17-20(15(18)22)10-19-7-3-6-13(21)9-19/h2,4-5,8,13,21H,3,6-7,9-10H2,1H3/t13-/m1/s1. The lowest BCUT2D eigenvalue weighted by molar-refractivity contribution is 0.0513. The molecule has 2 aromatic rings. The molecule has 0 spiro atoms. The molecule has 0 bridgehead atoms. The summed E-state index contributed by atoms with van der Waals surface area (Å²) in [5.74, 6) is 0.851. The maximum atomic E-state index is 9.79. The molecule has 0 saturated carbocycles. The minimum Gasteiger partial charge on any atom is -0.392 e. The Balaban J connectivity index is 1.88. The summed E-state index contributed by atoms with van der Waals surface area (Å²) < 4.78 is 5.47. The van der Waals surface area contributed by atoms with E-state index in [-0.39, 0.29) is 6.10 Å². The first-order chi connectivity index (χ1) is 10.5. The third kappa shape index (κ3) is 3.32. The van der Waals surface area contributed by atoms with Crippen molar-refractivity contribution >= 4 is 28.1 Å². The van der Waals surface area contributed by atoms with Crippen LogP contribution in [-0.4, -0.2) is 43.5 Å². The number of likely N-dealkylation sites (tertiary alicyclic amines) is 1. The van der Waals surface area contributed by atoms with Crippen LogP contribution in [0.1, 0.15) is 12.8 Å². The molecule has 1 aromatic carbocycles. The highest BCUT2D eigenvalue weighted by molar-refractivity contribution is 9.10. The minimum atomic E-state index is -0.240. The van der Waals surface area contributed by atoms with Crippen LogP contribution >= 0.6 is 28.1 Å². The Morgan fingerprint density at radius 1 is 1.45 bits per heavy atom. The van der Waals surface area contributed by atoms with Gasteiger partial charge < -0.3 is 9.67 Å². The molecule has 1 aliphatic rings. The van der Waals surface area contributed by atoms with Gasteiger partial charge in [0.2, 0.25) is 0 Å². The van der Waals surface area contributed by atoms with E-state index < -0.39 is 0 Å². The first-order valence-corrected chi connectivity index (χ1v) is 8.55. The Bertz CT molecular complexity index is 727. The van der Waals surface area contributed by atoms with Crippen molar-refractivity contribution in [1.82, 2.24) is 19.2 Å². The topological polar surface area (TPSA) is 46.2 Å². The number of hydrogen-bond donors (Lipinski definition) is 1. The maximum Gasteiger partial charge on any atom is 0.199 e. The largest absolute Gasteiger partial charge is 0.392 e. The van der Waals surface area contributed by atoms with Crippen LogP contribution in [0.25, 0.3) is 11.4 Å². The predicted octanol–water partition coefficient (Wildman–Crippen LogP) is 2.79. The molecule has 0 unspecified atom stereocenters. The molecule has 0 amide bonds. The van der Waals surface area contributed by atoms with Gasteiger partial charge in [-0.25, -0.2) is 4.68 Å². The van der Waals surface area contributed by atoms with Crippen molar-refractivity contribution in [1.29, 1.82) is 0 Å². The smallest absolute Gasteiger partial charge is 0.199 e. The van der Waals surface area contributed by atoms with Crippen LogP contribution in [0.4, 0.5) is 0 Å². The van der Waals surface area contributed by atoms with Crippen LogP contribution in [0.15, 0.2) is 28.7 Å². The highest BCUT2D eigenvalue weighted by Crippen LogP contribution is 2.22. The molecule has 7 heteroatoms. The maximum absolute atomic E-state index is 9.79. The lowest BCUT2D eigenvalue weighted by atomic mass is 10.1. The van der Waals surface area contributed by atoms with Gasteiger partial charge in [0.1, 0.15) is 0 Å². The van der Waals surface area contributed by atoms with E-state index in [2.05, 4.69) is 25.9 Å². The first-order valence-electron chi connectivity index (χ1n) is 7.35. The van der Waals surface area contributed by atoms with Gasteiger partial charge in [0.05, 0.1) is 12.8 Å². The summed E-state index contributed by atoms with van der Waals surface area (Å²) in [6, 6.07) is 8.04. The number of nitrogens with zero attached hydrogens (tertiary/aromatic N) is 4. The molecule has 22 heavy (non-hydrogen) atoms. The molecule has 1 fully saturated rings. The van der Waals surface area contributed by atoms with Crippen molar-refractivity contribution in [3.05, 3.63) is 33.5 Å². The number of β-amino-alcohol motifs (C(OH)–C–C–N with tert-alkyl or cyclic N) is 1. The Morgan fingerprint density at radius 2 is 2.27 bits per heavy atom. The molecule has 5 nitrogen and oxygen atoms in total. The van der Waals surface area contributed by atoms with E-state index in [1.807, 2.05) is 40.6 Å². The Kier molecular flexibility index (Phi) is 4.77. The fourth-order valence-corrected chi connectivity index (χ4v) is 3.39. The lowest BCUT2D eigenvalue weighted by Crippen LogP contribution is -2.39. The molecular weight excluding hydrogens is 364 g/mol. The van der Waals surface area contributed by atoms with Gasteiger partial charge in [-0.05, 0) is 37.2 Å². The van der Waals surface area contributed by atoms with Crippen LogP contribution in [0.2, 0.25) is 0 Å². The van der Waals surface area contributed by atoms with Crippen molar-refractivity contribution in [3.63, 3.8) is 0 Å². The molecule has 1 atom stereocenters. The SMILES string of the molecule is Cn1c(-c2cccc(Br)c2)nn(CN2CCC[C@@H](O)C2)c1=S. The lowest BCUT2D eigenvalue weighted by Gasteiger charge is -2.29. The number of aliphatic hydroxyl groups is 1. The third-order valence-corrected chi connectivity index (χ3v) is 4.92. The monoisotopic (exact) mass is 382 g/mol. The Labute approximate surface area is 143 Å². The van der Waals surface area contributed by atoms with Crippen molar-refractivity contribution in [2.45, 2.75) is 25.6 Å². The van der Waals surface area contributed by atoms with Crippen LogP contribution in [-0.2, 0) is 13.7 Å². The number of piperidine rings is 1. The number of aromatic nitrogens is 3. The van der Waals surface area contributed by atoms with Crippen LogP contribution in [0, 0.1) is 4.77 Å². The number of halogens is 1. The molecule has 0 radical (unpaired) electrons. The summed E-state index contributed by atoms with van der Waals surface area (Å²) in [6.45, 7) is 2.28. The summed E-state index contributed by atoms with van der Waals surface area (Å²) in [4.78, 5) is 2.20. The number of hydrogen-bond acceptors (Lipinski definition) is 4. The van der Waals surface area contributed by atoms with Crippen LogP contribution in [0.3, 0.4) is 0 Å². The van der Waals surface area contributed by atoms with Crippen LogP contribution < -0.4 is 0 Å². The fraction of sp³-hybridized carbons (Fsp3) is 0.467. The zero-order valence-electron chi connectivity index (χ0n) is 12.4. The summed E-state index contributed by atoms with van der Waals surface area (Å²) in [6.07, 6.45) is 1.66. The summed E-state index contributed by atoms with van der Waals surface area (Å²) >= 11 is 9.00. The third-order valence-electron chi connectivity index (χ3n) is 3.94. The molecular formula is C15H19BrN4OS. The van der Waals surface area contributed by atoms with Gasteiger partial charge in [-0.1, -0.05) is 28.1 Å². The number of benzene rings is 1. The number of rotatable bonds is 3. The van der Waals surface area contributed by atoms with E-state index in [0.717, 1.165) is 35.2 Å². The quantitative estimate of drug-likeness (QED) is 0.829. The highest BCUT2D eigenvalue weighted by atomic mass is 79.9. The molecule has 1 aliphatic heterocycles. The second-order valence-corrected chi connectivity index (χ2v) is 6.97.